The molecule has 134 valence electrons. The first-order valence-electron chi connectivity index (χ1n) is 8.31. The molecule has 6 heteroatoms. The normalized spacial score (nSPS) is 12.0. The summed E-state index contributed by atoms with van der Waals surface area (Å²) in [6, 6.07) is 13.5. The lowest BCUT2D eigenvalue weighted by molar-refractivity contribution is 0.373. The summed E-state index contributed by atoms with van der Waals surface area (Å²) in [6.07, 6.45) is 1.65. The van der Waals surface area contributed by atoms with Crippen molar-refractivity contribution in [3.8, 4) is 22.8 Å². The van der Waals surface area contributed by atoms with Crippen LogP contribution >= 0.6 is 11.3 Å². The summed E-state index contributed by atoms with van der Waals surface area (Å²) in [5.74, 6) is 0.516. The van der Waals surface area contributed by atoms with E-state index in [9.17, 15) is 5.11 Å². The van der Waals surface area contributed by atoms with Gasteiger partial charge in [0.2, 0.25) is 4.80 Å². The largest absolute Gasteiger partial charge is 0.504 e. The van der Waals surface area contributed by atoms with Gasteiger partial charge in [0, 0.05) is 11.9 Å². The van der Waals surface area contributed by atoms with Crippen LogP contribution < -0.4 is 9.54 Å². The van der Waals surface area contributed by atoms with E-state index in [0.717, 1.165) is 22.6 Å². The van der Waals surface area contributed by atoms with Crippen LogP contribution in [0.4, 0.5) is 0 Å². The molecule has 1 aromatic heterocycles. The average Bonchev–Trinajstić information content (AvgIpc) is 3.06. The summed E-state index contributed by atoms with van der Waals surface area (Å²) >= 11 is 1.56. The van der Waals surface area contributed by atoms with Crippen molar-refractivity contribution in [2.75, 3.05) is 7.11 Å². The van der Waals surface area contributed by atoms with Crippen LogP contribution in [0.5, 0.6) is 11.5 Å². The van der Waals surface area contributed by atoms with E-state index in [1.165, 1.54) is 18.2 Å². The molecule has 0 saturated heterocycles. The minimum atomic E-state index is 0.103. The second-order valence-corrected chi connectivity index (χ2v) is 6.63. The SMILES string of the molecule is CCn1c(-c2ccc(C)cc2)cs/c1=N/N=C/c1ccc(O)c(OC)c1. The van der Waals surface area contributed by atoms with Gasteiger partial charge in [-0.15, -0.1) is 16.4 Å². The van der Waals surface area contributed by atoms with E-state index in [0.29, 0.717) is 5.75 Å². The van der Waals surface area contributed by atoms with Gasteiger partial charge in [0.25, 0.3) is 0 Å². The van der Waals surface area contributed by atoms with Crippen molar-refractivity contribution < 1.29 is 9.84 Å². The molecular weight excluding hydrogens is 346 g/mol. The fourth-order valence-corrected chi connectivity index (χ4v) is 3.52. The Morgan fingerprint density at radius 2 is 1.96 bits per heavy atom. The molecule has 26 heavy (non-hydrogen) atoms. The number of aryl methyl sites for hydroxylation is 1. The molecule has 0 aliphatic heterocycles. The van der Waals surface area contributed by atoms with Crippen molar-refractivity contribution in [1.82, 2.24) is 4.57 Å². The number of aromatic hydroxyl groups is 1. The van der Waals surface area contributed by atoms with Gasteiger partial charge < -0.3 is 14.4 Å². The number of nitrogens with zero attached hydrogens (tertiary/aromatic N) is 3. The lowest BCUT2D eigenvalue weighted by Gasteiger charge is -2.06. The Hall–Kier alpha value is -2.86. The summed E-state index contributed by atoms with van der Waals surface area (Å²) in [6.45, 7) is 4.99. The summed E-state index contributed by atoms with van der Waals surface area (Å²) < 4.78 is 7.25. The van der Waals surface area contributed by atoms with E-state index in [1.807, 2.05) is 0 Å². The zero-order valence-electron chi connectivity index (χ0n) is 15.0. The number of phenols is 1. The van der Waals surface area contributed by atoms with Crippen molar-refractivity contribution >= 4 is 17.6 Å². The van der Waals surface area contributed by atoms with Gasteiger partial charge in [0.15, 0.2) is 11.5 Å². The third kappa shape index (κ3) is 3.86. The van der Waals surface area contributed by atoms with Crippen LogP contribution in [0.25, 0.3) is 11.3 Å². The Labute approximate surface area is 156 Å². The molecule has 0 amide bonds. The predicted molar refractivity (Wildman–Crippen MR) is 106 cm³/mol. The number of benzene rings is 2. The van der Waals surface area contributed by atoms with Gasteiger partial charge in [-0.3, -0.25) is 0 Å². The highest BCUT2D eigenvalue weighted by atomic mass is 32.1. The van der Waals surface area contributed by atoms with E-state index in [4.69, 9.17) is 4.74 Å². The Balaban J connectivity index is 1.91. The first-order chi connectivity index (χ1) is 12.6. The number of ether oxygens (including phenoxy) is 1. The summed E-state index contributed by atoms with van der Waals surface area (Å²) in [5, 5.41) is 20.3. The molecule has 1 N–H and O–H groups in total. The van der Waals surface area contributed by atoms with E-state index < -0.39 is 0 Å². The number of rotatable bonds is 5. The lowest BCUT2D eigenvalue weighted by atomic mass is 10.1. The first-order valence-corrected chi connectivity index (χ1v) is 9.19. The Bertz CT molecular complexity index is 985. The highest BCUT2D eigenvalue weighted by molar-refractivity contribution is 7.07. The Morgan fingerprint density at radius 1 is 1.19 bits per heavy atom. The molecule has 2 aromatic carbocycles. The number of aromatic nitrogens is 1. The maximum absolute atomic E-state index is 9.64. The smallest absolute Gasteiger partial charge is 0.211 e. The molecule has 0 saturated carbocycles. The molecule has 0 aliphatic rings. The third-order valence-corrected chi connectivity index (χ3v) is 4.87. The third-order valence-electron chi connectivity index (χ3n) is 4.02. The summed E-state index contributed by atoms with van der Waals surface area (Å²) in [4.78, 5) is 0.838. The highest BCUT2D eigenvalue weighted by Gasteiger charge is 2.06. The fourth-order valence-electron chi connectivity index (χ4n) is 2.59. The molecule has 0 aliphatic carbocycles. The van der Waals surface area contributed by atoms with Crippen LogP contribution in [0.3, 0.4) is 0 Å². The monoisotopic (exact) mass is 367 g/mol. The summed E-state index contributed by atoms with van der Waals surface area (Å²) in [5.41, 5.74) is 4.35. The first kappa shape index (κ1) is 17.9. The molecule has 0 atom stereocenters. The van der Waals surface area contributed by atoms with Crippen molar-refractivity contribution in [2.45, 2.75) is 20.4 Å². The molecule has 0 bridgehead atoms. The average molecular weight is 367 g/mol. The standard InChI is InChI=1S/C20H21N3O2S/c1-4-23-17(16-8-5-14(2)6-9-16)13-26-20(23)22-21-12-15-7-10-18(24)19(11-15)25-3/h5-13,24H,4H2,1-3H3/b21-12+,22-20+. The lowest BCUT2D eigenvalue weighted by Crippen LogP contribution is -2.14. The molecule has 0 unspecified atom stereocenters. The van der Waals surface area contributed by atoms with E-state index >= 15 is 0 Å². The van der Waals surface area contributed by atoms with Crippen molar-refractivity contribution in [1.29, 1.82) is 0 Å². The van der Waals surface area contributed by atoms with Crippen molar-refractivity contribution in [3.63, 3.8) is 0 Å². The highest BCUT2D eigenvalue weighted by Crippen LogP contribution is 2.25. The van der Waals surface area contributed by atoms with Crippen LogP contribution in [-0.4, -0.2) is 23.0 Å². The van der Waals surface area contributed by atoms with Gasteiger partial charge in [0.1, 0.15) is 0 Å². The minimum Gasteiger partial charge on any atom is -0.504 e. The van der Waals surface area contributed by atoms with Crippen LogP contribution in [0, 0.1) is 6.92 Å². The van der Waals surface area contributed by atoms with E-state index in [-0.39, 0.29) is 5.75 Å². The van der Waals surface area contributed by atoms with Gasteiger partial charge >= 0.3 is 0 Å². The molecule has 3 aromatic rings. The predicted octanol–water partition coefficient (Wildman–Crippen LogP) is 4.19. The second-order valence-electron chi connectivity index (χ2n) is 5.79. The molecule has 0 spiro atoms. The van der Waals surface area contributed by atoms with E-state index in [2.05, 4.69) is 58.3 Å². The number of hydrogen-bond donors (Lipinski definition) is 1. The van der Waals surface area contributed by atoms with Gasteiger partial charge in [-0.25, -0.2) is 0 Å². The number of thiazole rings is 1. The second kappa shape index (κ2) is 8.01. The van der Waals surface area contributed by atoms with Crippen LogP contribution in [-0.2, 0) is 6.54 Å². The van der Waals surface area contributed by atoms with Crippen LogP contribution in [0.1, 0.15) is 18.1 Å². The van der Waals surface area contributed by atoms with Gasteiger partial charge in [-0.1, -0.05) is 29.8 Å². The molecular formula is C20H21N3O2S. The quantitative estimate of drug-likeness (QED) is 0.543. The molecule has 0 fully saturated rings. The number of phenolic OH excluding ortho intramolecular Hbond substituents is 1. The topological polar surface area (TPSA) is 59.1 Å². The minimum absolute atomic E-state index is 0.103. The van der Waals surface area contributed by atoms with Gasteiger partial charge in [-0.05, 0) is 43.2 Å². The zero-order chi connectivity index (χ0) is 18.5. The van der Waals surface area contributed by atoms with E-state index in [1.54, 1.807) is 35.8 Å². The Kier molecular flexibility index (Phi) is 5.53. The number of hydrogen-bond acceptors (Lipinski definition) is 5. The maximum Gasteiger partial charge on any atom is 0.211 e. The Morgan fingerprint density at radius 3 is 2.65 bits per heavy atom. The van der Waals surface area contributed by atoms with Gasteiger partial charge in [-0.2, -0.15) is 5.10 Å². The number of methoxy groups -OCH3 is 1. The molecule has 1 heterocycles. The van der Waals surface area contributed by atoms with Crippen LogP contribution in [0.15, 0.2) is 58.0 Å². The molecule has 0 radical (unpaired) electrons. The maximum atomic E-state index is 9.64. The fraction of sp³-hybridized carbons (Fsp3) is 0.200. The van der Waals surface area contributed by atoms with Crippen molar-refractivity contribution in [3.05, 3.63) is 63.8 Å². The zero-order valence-corrected chi connectivity index (χ0v) is 15.8. The van der Waals surface area contributed by atoms with Crippen LogP contribution in [0.2, 0.25) is 0 Å². The van der Waals surface area contributed by atoms with Crippen molar-refractivity contribution in [2.24, 2.45) is 10.2 Å². The molecule has 3 rings (SSSR count). The molecule has 5 nitrogen and oxygen atoms in total. The van der Waals surface area contributed by atoms with Gasteiger partial charge in [0.05, 0.1) is 19.0 Å². The summed E-state index contributed by atoms with van der Waals surface area (Å²) in [7, 11) is 1.52.